The third-order valence-electron chi connectivity index (χ3n) is 2.69. The van der Waals surface area contributed by atoms with E-state index in [1.807, 2.05) is 11.6 Å². The van der Waals surface area contributed by atoms with E-state index in [1.165, 1.54) is 12.1 Å². The van der Waals surface area contributed by atoms with E-state index in [-0.39, 0.29) is 0 Å². The molecule has 5 heteroatoms. The smallest absolute Gasteiger partial charge is 0.338 e. The van der Waals surface area contributed by atoms with E-state index >= 15 is 0 Å². The molecular formula is C11H9BrF3N. The zero-order valence-electron chi connectivity index (χ0n) is 8.69. The van der Waals surface area contributed by atoms with Gasteiger partial charge in [-0.2, -0.15) is 13.2 Å². The Hall–Kier alpha value is -0.970. The minimum atomic E-state index is -4.29. The van der Waals surface area contributed by atoms with Crippen molar-refractivity contribution in [3.63, 3.8) is 0 Å². The summed E-state index contributed by atoms with van der Waals surface area (Å²) in [6.45, 7) is 1.80. The van der Waals surface area contributed by atoms with Crippen LogP contribution < -0.4 is 0 Å². The Morgan fingerprint density at radius 2 is 1.88 bits per heavy atom. The number of aryl methyl sites for hydroxylation is 2. The third-order valence-corrected chi connectivity index (χ3v) is 3.82. The minimum Gasteiger partial charge on any atom is -0.338 e. The highest BCUT2D eigenvalue weighted by Crippen LogP contribution is 2.35. The predicted molar refractivity (Wildman–Crippen MR) is 60.4 cm³/mol. The molecule has 86 valence electrons. The summed E-state index contributed by atoms with van der Waals surface area (Å²) in [6.07, 6.45) is -4.29. The van der Waals surface area contributed by atoms with Crippen LogP contribution in [0.25, 0.3) is 10.9 Å². The van der Waals surface area contributed by atoms with Crippen molar-refractivity contribution in [3.8, 4) is 0 Å². The second-order valence-corrected chi connectivity index (χ2v) is 4.46. The highest BCUT2D eigenvalue weighted by molar-refractivity contribution is 9.10. The summed E-state index contributed by atoms with van der Waals surface area (Å²) in [5.41, 5.74) is 1.00. The van der Waals surface area contributed by atoms with Gasteiger partial charge in [-0.3, -0.25) is 0 Å². The molecule has 0 aliphatic heterocycles. The van der Waals surface area contributed by atoms with E-state index in [4.69, 9.17) is 0 Å². The van der Waals surface area contributed by atoms with Crippen molar-refractivity contribution in [2.45, 2.75) is 13.1 Å². The van der Waals surface area contributed by atoms with E-state index in [1.54, 1.807) is 6.92 Å². The summed E-state index contributed by atoms with van der Waals surface area (Å²) in [7, 11) is 1.81. The number of alkyl halides is 3. The zero-order valence-corrected chi connectivity index (χ0v) is 10.3. The van der Waals surface area contributed by atoms with Crippen molar-refractivity contribution >= 4 is 26.8 Å². The van der Waals surface area contributed by atoms with Crippen LogP contribution in [0, 0.1) is 6.92 Å². The van der Waals surface area contributed by atoms with Gasteiger partial charge in [-0.05, 0) is 46.6 Å². The molecule has 0 N–H and O–H groups in total. The van der Waals surface area contributed by atoms with Gasteiger partial charge in [0.25, 0.3) is 0 Å². The van der Waals surface area contributed by atoms with Gasteiger partial charge in [0, 0.05) is 18.0 Å². The average Bonchev–Trinajstić information content (AvgIpc) is 2.43. The topological polar surface area (TPSA) is 4.93 Å². The van der Waals surface area contributed by atoms with Gasteiger partial charge in [0.05, 0.1) is 10.2 Å². The van der Waals surface area contributed by atoms with E-state index in [0.717, 1.165) is 21.7 Å². The van der Waals surface area contributed by atoms with Crippen LogP contribution in [0.1, 0.15) is 11.1 Å². The molecule has 0 fully saturated rings. The third kappa shape index (κ3) is 1.63. The monoisotopic (exact) mass is 291 g/mol. The van der Waals surface area contributed by atoms with Gasteiger partial charge >= 0.3 is 6.18 Å². The molecule has 0 radical (unpaired) electrons. The summed E-state index contributed by atoms with van der Waals surface area (Å²) in [5.74, 6) is 0. The number of hydrogen-bond donors (Lipinski definition) is 0. The number of nitrogens with zero attached hydrogens (tertiary/aromatic N) is 1. The second-order valence-electron chi connectivity index (χ2n) is 3.70. The predicted octanol–water partition coefficient (Wildman–Crippen LogP) is 4.27. The largest absolute Gasteiger partial charge is 0.416 e. The number of hydrogen-bond acceptors (Lipinski definition) is 0. The lowest BCUT2D eigenvalue weighted by atomic mass is 10.1. The van der Waals surface area contributed by atoms with E-state index in [2.05, 4.69) is 15.9 Å². The zero-order chi connectivity index (χ0) is 12.1. The summed E-state index contributed by atoms with van der Waals surface area (Å²) >= 11 is 3.35. The highest BCUT2D eigenvalue weighted by Gasteiger charge is 2.30. The Morgan fingerprint density at radius 3 is 2.44 bits per heavy atom. The molecule has 1 heterocycles. The molecule has 2 rings (SSSR count). The van der Waals surface area contributed by atoms with Gasteiger partial charge in [-0.15, -0.1) is 0 Å². The minimum absolute atomic E-state index is 0.610. The van der Waals surface area contributed by atoms with Crippen molar-refractivity contribution in [2.75, 3.05) is 0 Å². The molecule has 1 aromatic carbocycles. The van der Waals surface area contributed by atoms with Crippen molar-refractivity contribution in [3.05, 3.63) is 33.9 Å². The molecule has 16 heavy (non-hydrogen) atoms. The fourth-order valence-corrected chi connectivity index (χ4v) is 2.18. The van der Waals surface area contributed by atoms with Crippen molar-refractivity contribution in [2.24, 2.45) is 7.05 Å². The maximum absolute atomic E-state index is 12.5. The Morgan fingerprint density at radius 1 is 1.25 bits per heavy atom. The molecule has 0 atom stereocenters. The lowest BCUT2D eigenvalue weighted by Crippen LogP contribution is -2.04. The number of benzene rings is 1. The molecule has 0 amide bonds. The number of aromatic nitrogens is 1. The number of halogens is 4. The lowest BCUT2D eigenvalue weighted by molar-refractivity contribution is -0.137. The maximum Gasteiger partial charge on any atom is 0.416 e. The van der Waals surface area contributed by atoms with Crippen molar-refractivity contribution in [1.82, 2.24) is 4.57 Å². The molecule has 0 aliphatic rings. The van der Waals surface area contributed by atoms with Gasteiger partial charge in [0.15, 0.2) is 0 Å². The first kappa shape index (κ1) is 11.5. The quantitative estimate of drug-likeness (QED) is 0.683. The molecule has 0 unspecified atom stereocenters. The van der Waals surface area contributed by atoms with Crippen molar-refractivity contribution < 1.29 is 13.2 Å². The average molecular weight is 292 g/mol. The van der Waals surface area contributed by atoms with Crippen LogP contribution in [0.2, 0.25) is 0 Å². The normalized spacial score (nSPS) is 12.4. The fraction of sp³-hybridized carbons (Fsp3) is 0.273. The van der Waals surface area contributed by atoms with Gasteiger partial charge in [-0.1, -0.05) is 0 Å². The van der Waals surface area contributed by atoms with Gasteiger partial charge in [-0.25, -0.2) is 0 Å². The SMILES string of the molecule is Cc1c(Br)n(C)c2ccc(C(F)(F)F)cc12. The van der Waals surface area contributed by atoms with E-state index in [9.17, 15) is 13.2 Å². The van der Waals surface area contributed by atoms with Crippen LogP contribution in [0.15, 0.2) is 22.8 Å². The van der Waals surface area contributed by atoms with Crippen LogP contribution in [0.3, 0.4) is 0 Å². The molecule has 1 nitrogen and oxygen atoms in total. The van der Waals surface area contributed by atoms with Gasteiger partial charge in [0.1, 0.15) is 0 Å². The van der Waals surface area contributed by atoms with Crippen LogP contribution in [0.4, 0.5) is 13.2 Å². The molecule has 0 saturated heterocycles. The Labute approximate surface area is 99.0 Å². The van der Waals surface area contributed by atoms with Gasteiger partial charge in [0.2, 0.25) is 0 Å². The van der Waals surface area contributed by atoms with Crippen molar-refractivity contribution in [1.29, 1.82) is 0 Å². The molecule has 1 aromatic heterocycles. The Kier molecular flexibility index (Phi) is 2.53. The van der Waals surface area contributed by atoms with Crippen LogP contribution in [-0.4, -0.2) is 4.57 Å². The summed E-state index contributed by atoms with van der Waals surface area (Å²) in [5, 5.41) is 0.629. The van der Waals surface area contributed by atoms with Crippen LogP contribution in [-0.2, 0) is 13.2 Å². The highest BCUT2D eigenvalue weighted by atomic mass is 79.9. The first-order valence-electron chi connectivity index (χ1n) is 4.64. The standard InChI is InChI=1S/C11H9BrF3N/c1-6-8-5-7(11(13,14)15)3-4-9(8)16(2)10(6)12/h3-5H,1-2H3. The van der Waals surface area contributed by atoms with E-state index in [0.29, 0.717) is 5.39 Å². The molecule has 0 bridgehead atoms. The van der Waals surface area contributed by atoms with E-state index < -0.39 is 11.7 Å². The molecular weight excluding hydrogens is 283 g/mol. The molecule has 0 spiro atoms. The first-order chi connectivity index (χ1) is 7.32. The number of fused-ring (bicyclic) bond motifs is 1. The molecule has 2 aromatic rings. The first-order valence-corrected chi connectivity index (χ1v) is 5.43. The van der Waals surface area contributed by atoms with Crippen LogP contribution >= 0.6 is 15.9 Å². The summed E-state index contributed by atoms with van der Waals surface area (Å²) < 4.78 is 40.2. The van der Waals surface area contributed by atoms with Crippen LogP contribution in [0.5, 0.6) is 0 Å². The van der Waals surface area contributed by atoms with Gasteiger partial charge < -0.3 is 4.57 Å². The molecule has 0 saturated carbocycles. The maximum atomic E-state index is 12.5. The fourth-order valence-electron chi connectivity index (χ4n) is 1.77. The molecule has 0 aliphatic carbocycles. The summed E-state index contributed by atoms with van der Waals surface area (Å²) in [6, 6.07) is 3.79. The summed E-state index contributed by atoms with van der Waals surface area (Å²) in [4.78, 5) is 0. The Balaban J connectivity index is 2.77. The number of rotatable bonds is 0. The second kappa shape index (κ2) is 3.52. The Bertz CT molecular complexity index is 554. The lowest BCUT2D eigenvalue weighted by Gasteiger charge is -2.06.